The lowest BCUT2D eigenvalue weighted by atomic mass is 9.80. The van der Waals surface area contributed by atoms with Crippen molar-refractivity contribution >= 4 is 23.6 Å². The molecule has 0 aromatic heterocycles. The number of benzene rings is 2. The molecule has 2 aromatic carbocycles. The standard InChI is InChI=1S/C33H35F7N4O2/c1-19-11-23(34)8-9-25(19)26-15-31(4,43-17-24-7-6-10-44(24)28(45)18-43)41-16-27(26)42(5)29(46)30(2,3)20-12-21(32(35,36)37)14-22(13-20)33(38,39)40/h8-9,11-14,16,24H,6-7,10,15,17-18H2,1-5H3. The van der Waals surface area contributed by atoms with Gasteiger partial charge in [0, 0.05) is 38.8 Å². The number of hydrogen-bond acceptors (Lipinski definition) is 4. The average molecular weight is 653 g/mol. The minimum absolute atomic E-state index is 0.00665. The molecule has 0 saturated carbocycles. The Bertz CT molecular complexity index is 1600. The van der Waals surface area contributed by atoms with Crippen LogP contribution in [0.3, 0.4) is 0 Å². The molecule has 3 heterocycles. The van der Waals surface area contributed by atoms with E-state index in [1.165, 1.54) is 44.1 Å². The molecule has 2 fully saturated rings. The van der Waals surface area contributed by atoms with Crippen LogP contribution < -0.4 is 0 Å². The number of carbonyl (C=O) groups is 2. The summed E-state index contributed by atoms with van der Waals surface area (Å²) in [6.07, 6.45) is -6.73. The third kappa shape index (κ3) is 6.17. The highest BCUT2D eigenvalue weighted by atomic mass is 19.4. The number of alkyl halides is 6. The van der Waals surface area contributed by atoms with Gasteiger partial charge in [0.2, 0.25) is 11.8 Å². The summed E-state index contributed by atoms with van der Waals surface area (Å²) in [6, 6.07) is 5.36. The van der Waals surface area contributed by atoms with Gasteiger partial charge in [0.15, 0.2) is 0 Å². The monoisotopic (exact) mass is 652 g/mol. The molecule has 2 atom stereocenters. The number of fused-ring (bicyclic) bond motifs is 1. The SMILES string of the molecule is Cc1cc(F)ccc1C1=C(N(C)C(=O)C(C)(C)c2cc(C(F)(F)F)cc(C(F)(F)F)c2)C=NC(C)(N2CC(=O)N3CCCC3C2)C1. The van der Waals surface area contributed by atoms with Crippen LogP contribution >= 0.6 is 0 Å². The number of dihydropyridines is 1. The number of amides is 2. The molecule has 2 saturated heterocycles. The molecule has 2 unspecified atom stereocenters. The number of likely N-dealkylation sites (N-methyl/N-ethyl adjacent to an activating group) is 1. The molecule has 13 heteroatoms. The first kappa shape index (κ1) is 33.6. The summed E-state index contributed by atoms with van der Waals surface area (Å²) >= 11 is 0. The Hall–Kier alpha value is -3.74. The number of aryl methyl sites for hydroxylation is 1. The molecule has 0 N–H and O–H groups in total. The van der Waals surface area contributed by atoms with Gasteiger partial charge in [-0.15, -0.1) is 0 Å². The lowest BCUT2D eigenvalue weighted by Gasteiger charge is -2.47. The fourth-order valence-corrected chi connectivity index (χ4v) is 6.69. The number of halogens is 7. The summed E-state index contributed by atoms with van der Waals surface area (Å²) in [5.74, 6) is -1.26. The van der Waals surface area contributed by atoms with Crippen LogP contribution in [0.1, 0.15) is 67.9 Å². The lowest BCUT2D eigenvalue weighted by Crippen LogP contribution is -2.60. The van der Waals surface area contributed by atoms with Crippen molar-refractivity contribution in [3.05, 3.63) is 75.7 Å². The zero-order valence-corrected chi connectivity index (χ0v) is 26.1. The van der Waals surface area contributed by atoms with Gasteiger partial charge in [0.1, 0.15) is 11.5 Å². The summed E-state index contributed by atoms with van der Waals surface area (Å²) in [6.45, 7) is 7.52. The van der Waals surface area contributed by atoms with Crippen molar-refractivity contribution in [2.24, 2.45) is 4.99 Å². The van der Waals surface area contributed by atoms with Gasteiger partial charge in [-0.2, -0.15) is 26.3 Å². The normalized spacial score (nSPS) is 22.8. The highest BCUT2D eigenvalue weighted by molar-refractivity contribution is 6.00. The summed E-state index contributed by atoms with van der Waals surface area (Å²) < 4.78 is 96.1. The van der Waals surface area contributed by atoms with Gasteiger partial charge in [-0.3, -0.25) is 19.5 Å². The molecule has 46 heavy (non-hydrogen) atoms. The van der Waals surface area contributed by atoms with Crippen LogP contribution in [0, 0.1) is 12.7 Å². The van der Waals surface area contributed by atoms with Crippen LogP contribution in [-0.4, -0.2) is 71.1 Å². The van der Waals surface area contributed by atoms with Crippen LogP contribution in [-0.2, 0) is 27.4 Å². The van der Waals surface area contributed by atoms with Gasteiger partial charge in [-0.25, -0.2) is 4.39 Å². The van der Waals surface area contributed by atoms with E-state index in [9.17, 15) is 40.3 Å². The Morgan fingerprint density at radius 3 is 2.20 bits per heavy atom. The Kier molecular flexibility index (Phi) is 8.40. The van der Waals surface area contributed by atoms with Gasteiger partial charge >= 0.3 is 12.4 Å². The number of aliphatic imine (C=N–C) groups is 1. The van der Waals surface area contributed by atoms with E-state index in [0.717, 1.165) is 12.8 Å². The van der Waals surface area contributed by atoms with Crippen molar-refractivity contribution in [3.63, 3.8) is 0 Å². The van der Waals surface area contributed by atoms with Crippen molar-refractivity contribution in [1.29, 1.82) is 0 Å². The Morgan fingerprint density at radius 1 is 1.00 bits per heavy atom. The van der Waals surface area contributed by atoms with E-state index >= 15 is 0 Å². The summed E-state index contributed by atoms with van der Waals surface area (Å²) in [4.78, 5) is 36.9. The van der Waals surface area contributed by atoms with E-state index in [1.54, 1.807) is 13.0 Å². The molecule has 5 rings (SSSR count). The first-order valence-electron chi connectivity index (χ1n) is 14.9. The fourth-order valence-electron chi connectivity index (χ4n) is 6.69. The van der Waals surface area contributed by atoms with Gasteiger partial charge in [-0.1, -0.05) is 6.07 Å². The maximum absolute atomic E-state index is 14.2. The fraction of sp³-hybridized carbons (Fsp3) is 0.485. The van der Waals surface area contributed by atoms with Crippen molar-refractivity contribution in [3.8, 4) is 0 Å². The Morgan fingerprint density at radius 2 is 1.61 bits per heavy atom. The van der Waals surface area contributed by atoms with Gasteiger partial charge in [0.05, 0.1) is 28.8 Å². The summed E-state index contributed by atoms with van der Waals surface area (Å²) in [7, 11) is 1.38. The highest BCUT2D eigenvalue weighted by Crippen LogP contribution is 2.42. The minimum Gasteiger partial charge on any atom is -0.337 e. The predicted molar refractivity (Wildman–Crippen MR) is 158 cm³/mol. The first-order valence-corrected chi connectivity index (χ1v) is 14.9. The molecular formula is C33H35F7N4O2. The minimum atomic E-state index is -5.08. The van der Waals surface area contributed by atoms with E-state index in [1.807, 2.05) is 16.7 Å². The molecule has 3 aliphatic rings. The number of piperazine rings is 1. The molecule has 2 aromatic rings. The molecule has 3 aliphatic heterocycles. The lowest BCUT2D eigenvalue weighted by molar-refractivity contribution is -0.144. The number of carbonyl (C=O) groups excluding carboxylic acids is 2. The molecule has 0 bridgehead atoms. The topological polar surface area (TPSA) is 56.2 Å². The summed E-state index contributed by atoms with van der Waals surface area (Å²) in [5, 5.41) is 0. The smallest absolute Gasteiger partial charge is 0.337 e. The van der Waals surface area contributed by atoms with Crippen LogP contribution in [0.15, 0.2) is 47.1 Å². The quantitative estimate of drug-likeness (QED) is 0.334. The largest absolute Gasteiger partial charge is 0.416 e. The number of hydrogen-bond donors (Lipinski definition) is 0. The predicted octanol–water partition coefficient (Wildman–Crippen LogP) is 6.82. The highest BCUT2D eigenvalue weighted by Gasteiger charge is 2.46. The van der Waals surface area contributed by atoms with Crippen molar-refractivity contribution in [2.75, 3.05) is 26.7 Å². The third-order valence-corrected chi connectivity index (χ3v) is 9.45. The molecule has 248 valence electrons. The van der Waals surface area contributed by atoms with E-state index in [2.05, 4.69) is 0 Å². The van der Waals surface area contributed by atoms with E-state index in [-0.39, 0.29) is 36.7 Å². The zero-order chi connectivity index (χ0) is 34.0. The van der Waals surface area contributed by atoms with Crippen LogP contribution in [0.2, 0.25) is 0 Å². The van der Waals surface area contributed by atoms with Gasteiger partial charge in [0.25, 0.3) is 0 Å². The second-order valence-electron chi connectivity index (χ2n) is 13.0. The van der Waals surface area contributed by atoms with E-state index in [0.29, 0.717) is 41.9 Å². The maximum Gasteiger partial charge on any atom is 0.416 e. The zero-order valence-electron chi connectivity index (χ0n) is 26.1. The Balaban J connectivity index is 1.56. The van der Waals surface area contributed by atoms with Gasteiger partial charge < -0.3 is 9.80 Å². The van der Waals surface area contributed by atoms with Crippen LogP contribution in [0.4, 0.5) is 30.7 Å². The third-order valence-electron chi connectivity index (χ3n) is 9.45. The van der Waals surface area contributed by atoms with Crippen molar-refractivity contribution in [1.82, 2.24) is 14.7 Å². The number of allylic oxidation sites excluding steroid dienone is 1. The van der Waals surface area contributed by atoms with Crippen molar-refractivity contribution < 1.29 is 40.3 Å². The number of rotatable bonds is 5. The van der Waals surface area contributed by atoms with Crippen molar-refractivity contribution in [2.45, 2.75) is 76.4 Å². The second kappa shape index (κ2) is 11.5. The maximum atomic E-state index is 14.2. The summed E-state index contributed by atoms with van der Waals surface area (Å²) in [5.41, 5.74) is -4.29. The Labute approximate surface area is 262 Å². The molecule has 0 aliphatic carbocycles. The molecule has 6 nitrogen and oxygen atoms in total. The average Bonchev–Trinajstić information content (AvgIpc) is 3.45. The van der Waals surface area contributed by atoms with Crippen LogP contribution in [0.25, 0.3) is 5.57 Å². The molecule has 0 spiro atoms. The van der Waals surface area contributed by atoms with E-state index in [4.69, 9.17) is 4.99 Å². The molecular weight excluding hydrogens is 617 g/mol. The first-order chi connectivity index (χ1) is 21.2. The molecule has 0 radical (unpaired) electrons. The molecule has 2 amide bonds. The van der Waals surface area contributed by atoms with Gasteiger partial charge in [-0.05, 0) is 93.1 Å². The number of nitrogens with zero attached hydrogens (tertiary/aromatic N) is 4. The van der Waals surface area contributed by atoms with E-state index < -0.39 is 51.8 Å². The second-order valence-corrected chi connectivity index (χ2v) is 13.0. The van der Waals surface area contributed by atoms with Crippen LogP contribution in [0.5, 0.6) is 0 Å².